The molecule has 6 rings (SSSR count). The van der Waals surface area contributed by atoms with Gasteiger partial charge >= 0.3 is 0 Å². The van der Waals surface area contributed by atoms with Crippen molar-refractivity contribution < 1.29 is 25.2 Å². The molecule has 47 heavy (non-hydrogen) atoms. The molecule has 8 heteroatoms. The highest BCUT2D eigenvalue weighted by atomic mass is 16.5. The summed E-state index contributed by atoms with van der Waals surface area (Å²) in [6, 6.07) is 9.31. The van der Waals surface area contributed by atoms with Gasteiger partial charge in [0.15, 0.2) is 11.5 Å². The zero-order valence-electron chi connectivity index (χ0n) is 27.4. The van der Waals surface area contributed by atoms with Crippen molar-refractivity contribution in [2.75, 3.05) is 13.2 Å². The fourth-order valence-electron chi connectivity index (χ4n) is 8.31. The minimum atomic E-state index is -0.740. The number of hydrogen-bond acceptors (Lipinski definition) is 7. The van der Waals surface area contributed by atoms with Gasteiger partial charge in [-0.2, -0.15) is 0 Å². The van der Waals surface area contributed by atoms with Crippen molar-refractivity contribution in [2.45, 2.75) is 88.9 Å². The Kier molecular flexibility index (Phi) is 10.4. The number of aliphatic hydroxyl groups is 3. The number of nitrogens with two attached hydrogens (primary N) is 1. The largest absolute Gasteiger partial charge is 0.504 e. The van der Waals surface area contributed by atoms with Crippen LogP contribution in [0, 0.1) is 40.9 Å². The summed E-state index contributed by atoms with van der Waals surface area (Å²) in [4.78, 5) is 3.28. The van der Waals surface area contributed by atoms with Crippen LogP contribution in [0.5, 0.6) is 11.5 Å². The molecule has 0 unspecified atom stereocenters. The number of phenolic OH excluding ortho intramolecular Hbond substituents is 1. The van der Waals surface area contributed by atoms with Crippen LogP contribution in [0.4, 0.5) is 0 Å². The van der Waals surface area contributed by atoms with Crippen LogP contribution in [0.3, 0.4) is 0 Å². The van der Waals surface area contributed by atoms with Gasteiger partial charge in [0.25, 0.3) is 0 Å². The monoisotopic (exact) mass is 641 g/mol. The number of aromatic nitrogens is 1. The van der Waals surface area contributed by atoms with Crippen molar-refractivity contribution in [3.63, 3.8) is 0 Å². The number of aliphatic hydroxyl groups excluding tert-OH is 3. The zero-order valence-corrected chi connectivity index (χ0v) is 27.4. The maximum atomic E-state index is 11.7. The van der Waals surface area contributed by atoms with E-state index in [0.717, 1.165) is 61.8 Å². The predicted octanol–water partition coefficient (Wildman–Crippen LogP) is 5.03. The van der Waals surface area contributed by atoms with Crippen molar-refractivity contribution in [1.29, 1.82) is 0 Å². The topological polar surface area (TPSA) is 144 Å². The summed E-state index contributed by atoms with van der Waals surface area (Å²) in [5.41, 5.74) is 9.14. The third-order valence-electron chi connectivity index (χ3n) is 11.2. The summed E-state index contributed by atoms with van der Waals surface area (Å²) in [7, 11) is 0. The van der Waals surface area contributed by atoms with Crippen LogP contribution in [-0.4, -0.2) is 56.9 Å². The Morgan fingerprint density at radius 2 is 2.02 bits per heavy atom. The molecule has 1 aromatic heterocycles. The average molecular weight is 642 g/mol. The Morgan fingerprint density at radius 1 is 1.15 bits per heavy atom. The second-order valence-corrected chi connectivity index (χ2v) is 14.1. The number of fused-ring (bicyclic) bond motifs is 4. The summed E-state index contributed by atoms with van der Waals surface area (Å²) < 4.78 is 6.33. The third kappa shape index (κ3) is 7.59. The van der Waals surface area contributed by atoms with Gasteiger partial charge in [-0.15, -0.1) is 0 Å². The van der Waals surface area contributed by atoms with Gasteiger partial charge < -0.3 is 41.2 Å². The van der Waals surface area contributed by atoms with Crippen LogP contribution in [0.25, 0.3) is 0 Å². The average Bonchev–Trinajstić information content (AvgIpc) is 3.43. The fourth-order valence-corrected chi connectivity index (χ4v) is 8.31. The molecule has 252 valence electrons. The van der Waals surface area contributed by atoms with E-state index in [9.17, 15) is 20.4 Å². The van der Waals surface area contributed by atoms with E-state index in [-0.39, 0.29) is 47.4 Å². The van der Waals surface area contributed by atoms with Crippen LogP contribution in [0.15, 0.2) is 72.2 Å². The lowest BCUT2D eigenvalue weighted by Crippen LogP contribution is -2.40. The number of aromatic amines is 1. The molecule has 4 aliphatic rings. The van der Waals surface area contributed by atoms with Crippen LogP contribution in [0.2, 0.25) is 0 Å². The number of H-pyrrole nitrogens is 1. The number of hydrogen-bond donors (Lipinski definition) is 7. The summed E-state index contributed by atoms with van der Waals surface area (Å²) in [5, 5.41) is 47.7. The first-order chi connectivity index (χ1) is 22.8. The number of aromatic hydroxyl groups is 1. The predicted molar refractivity (Wildman–Crippen MR) is 183 cm³/mol. The number of dihydropyridines is 1. The molecule has 8 nitrogen and oxygen atoms in total. The van der Waals surface area contributed by atoms with Crippen molar-refractivity contribution in [3.05, 3.63) is 83.5 Å². The lowest BCUT2D eigenvalue weighted by Gasteiger charge is -2.34. The van der Waals surface area contributed by atoms with Crippen molar-refractivity contribution in [2.24, 2.45) is 34.8 Å². The van der Waals surface area contributed by atoms with Gasteiger partial charge in [-0.3, -0.25) is 0 Å². The zero-order chi connectivity index (χ0) is 33.0. The van der Waals surface area contributed by atoms with E-state index < -0.39 is 18.3 Å². The molecule has 3 aliphatic carbocycles. The highest BCUT2D eigenvalue weighted by Crippen LogP contribution is 2.46. The Bertz CT molecular complexity index is 1520. The fraction of sp³-hybridized carbons (Fsp3) is 0.538. The van der Waals surface area contributed by atoms with Gasteiger partial charge in [-0.1, -0.05) is 49.5 Å². The highest BCUT2D eigenvalue weighted by molar-refractivity contribution is 5.44. The Morgan fingerprint density at radius 3 is 2.79 bits per heavy atom. The van der Waals surface area contributed by atoms with Crippen molar-refractivity contribution in [3.8, 4) is 23.3 Å². The van der Waals surface area contributed by atoms with Gasteiger partial charge in [-0.25, -0.2) is 0 Å². The first-order valence-electron chi connectivity index (χ1n) is 17.5. The lowest BCUT2D eigenvalue weighted by molar-refractivity contribution is -0.0344. The van der Waals surface area contributed by atoms with Crippen molar-refractivity contribution in [1.82, 2.24) is 10.3 Å². The molecule has 1 saturated carbocycles. The number of nitrogens with one attached hydrogen (secondary N) is 2. The number of rotatable bonds is 10. The molecule has 8 N–H and O–H groups in total. The minimum Gasteiger partial charge on any atom is -0.504 e. The van der Waals surface area contributed by atoms with Gasteiger partial charge in [0.1, 0.15) is 6.10 Å². The maximum absolute atomic E-state index is 11.7. The molecular formula is C39H51N3O5. The Labute approximate surface area is 278 Å². The van der Waals surface area contributed by atoms with Gasteiger partial charge in [-0.05, 0) is 105 Å². The molecule has 2 heterocycles. The SMILES string of the molecule is CC[C@@]12C#C[C@@H]3C=C[C@H](c4ccc(O)c(O[C@H](CO)C[C@H](Cc5ccc[nH]5)C5=CCNC(N)=C5)c4)C[C@@H](O)[C@H]3[C@@H](O)[C@@H](CCC1)CC2. The van der Waals surface area contributed by atoms with Crippen LogP contribution in [0.1, 0.15) is 75.5 Å². The summed E-state index contributed by atoms with van der Waals surface area (Å²) in [5.74, 6) is 7.53. The van der Waals surface area contributed by atoms with E-state index in [0.29, 0.717) is 31.0 Å². The second kappa shape index (κ2) is 14.6. The van der Waals surface area contributed by atoms with Crippen LogP contribution >= 0.6 is 0 Å². The van der Waals surface area contributed by atoms with Crippen LogP contribution < -0.4 is 15.8 Å². The molecule has 0 radical (unpaired) electrons. The smallest absolute Gasteiger partial charge is 0.161 e. The molecule has 1 fully saturated rings. The third-order valence-corrected chi connectivity index (χ3v) is 11.2. The van der Waals surface area contributed by atoms with E-state index in [1.165, 1.54) is 0 Å². The van der Waals surface area contributed by atoms with E-state index in [2.05, 4.69) is 47.3 Å². The van der Waals surface area contributed by atoms with E-state index in [1.807, 2.05) is 36.5 Å². The first-order valence-corrected chi connectivity index (χ1v) is 17.5. The number of allylic oxidation sites excluding steroid dienone is 4. The van der Waals surface area contributed by atoms with Gasteiger partial charge in [0.2, 0.25) is 0 Å². The second-order valence-electron chi connectivity index (χ2n) is 14.1. The molecule has 0 amide bonds. The Balaban J connectivity index is 1.23. The molecule has 0 saturated heterocycles. The molecule has 9 atom stereocenters. The summed E-state index contributed by atoms with van der Waals surface area (Å²) in [6.45, 7) is 2.63. The molecular weight excluding hydrogens is 590 g/mol. The number of phenols is 1. The first kappa shape index (κ1) is 33.3. The van der Waals surface area contributed by atoms with E-state index in [4.69, 9.17) is 10.5 Å². The molecule has 0 spiro atoms. The van der Waals surface area contributed by atoms with E-state index >= 15 is 0 Å². The van der Waals surface area contributed by atoms with Gasteiger partial charge in [0.05, 0.1) is 24.6 Å². The lowest BCUT2D eigenvalue weighted by atomic mass is 9.76. The number of ether oxygens (including phenoxy) is 1. The van der Waals surface area contributed by atoms with Gasteiger partial charge in [0, 0.05) is 41.6 Å². The normalized spacial score (nSPS) is 31.6. The molecule has 1 aliphatic heterocycles. The minimum absolute atomic E-state index is 0.00589. The van der Waals surface area contributed by atoms with E-state index in [1.54, 1.807) is 6.07 Å². The molecule has 2 bridgehead atoms. The summed E-state index contributed by atoms with van der Waals surface area (Å²) >= 11 is 0. The molecule has 2 aromatic rings. The molecule has 1 aromatic carbocycles. The standard InChI is InChI=1S/C39H51N3O5/c1-2-39-14-3-5-26(12-16-39)38(46)37-25(11-15-39)7-8-27(21-34(37)45)28-9-10-33(44)35(22-28)47-32(24-43)20-30(19-31-6-4-17-41-31)29-13-18-42-36(40)23-29/h4,6-10,13,17,22-23,25-27,30,32,34,37-38,41-46H,2-3,5,12,14,16,18-21,24,40H2,1H3/t25-,26-,27-,30-,32-,34+,37-,38-,39-/m0/s1. The summed E-state index contributed by atoms with van der Waals surface area (Å²) in [6.07, 6.45) is 16.0. The number of benzene rings is 1. The maximum Gasteiger partial charge on any atom is 0.161 e. The quantitative estimate of drug-likeness (QED) is 0.142. The van der Waals surface area contributed by atoms with Crippen molar-refractivity contribution >= 4 is 0 Å². The Hall–Kier alpha value is -3.64. The highest BCUT2D eigenvalue weighted by Gasteiger charge is 2.42. The van der Waals surface area contributed by atoms with Crippen LogP contribution in [-0.2, 0) is 6.42 Å².